The summed E-state index contributed by atoms with van der Waals surface area (Å²) < 4.78 is 3.70. The highest BCUT2D eigenvalue weighted by molar-refractivity contribution is 6.04. The lowest BCUT2D eigenvalue weighted by molar-refractivity contribution is 0.0999. The highest BCUT2D eigenvalue weighted by Crippen LogP contribution is 2.34. The first kappa shape index (κ1) is 23.9. The number of rotatable bonds is 5. The largest absolute Gasteiger partial charge is 0.319 e. The second-order valence-corrected chi connectivity index (χ2v) is 9.40. The topological polar surface area (TPSA) is 144 Å². The second kappa shape index (κ2) is 9.80. The van der Waals surface area contributed by atoms with Gasteiger partial charge < -0.3 is 30.4 Å². The highest BCUT2D eigenvalue weighted by atomic mass is 16.2. The van der Waals surface area contributed by atoms with Gasteiger partial charge in [0, 0.05) is 37.6 Å². The number of nitrogens with one attached hydrogen (secondary N) is 4. The minimum absolute atomic E-state index is 0.296. The van der Waals surface area contributed by atoms with Crippen LogP contribution in [0.15, 0.2) is 36.4 Å². The normalized spacial score (nSPS) is 14.5. The van der Waals surface area contributed by atoms with Crippen LogP contribution in [-0.4, -0.2) is 54.4 Å². The number of hydrogen-bond acceptors (Lipinski definition) is 8. The van der Waals surface area contributed by atoms with Gasteiger partial charge in [0.2, 0.25) is 11.6 Å². The van der Waals surface area contributed by atoms with E-state index in [1.165, 1.54) is 0 Å². The smallest absolute Gasteiger partial charge is 0.293 e. The first-order chi connectivity index (χ1) is 18.5. The maximum Gasteiger partial charge on any atom is 0.293 e. The summed E-state index contributed by atoms with van der Waals surface area (Å²) in [5.41, 5.74) is 5.11. The predicted octanol–water partition coefficient (Wildman–Crippen LogP) is 1.86. The fourth-order valence-electron chi connectivity index (χ4n) is 5.00. The summed E-state index contributed by atoms with van der Waals surface area (Å²) in [6.45, 7) is 7.96. The molecule has 194 valence electrons. The molecule has 2 aromatic heterocycles. The Balaban J connectivity index is 1.26. The van der Waals surface area contributed by atoms with Gasteiger partial charge in [-0.1, -0.05) is 24.3 Å². The van der Waals surface area contributed by atoms with Gasteiger partial charge in [0.15, 0.2) is 0 Å². The fraction of sp³-hybridized carbons (Fsp3) is 0.308. The number of hydrogen-bond donors (Lipinski definition) is 4. The number of carbonyl (C=O) groups is 2. The molecule has 12 nitrogen and oxygen atoms in total. The molecule has 0 unspecified atom stereocenters. The molecule has 4 N–H and O–H groups in total. The molecule has 2 aliphatic rings. The monoisotopic (exact) mass is 512 g/mol. The minimum atomic E-state index is -0.296. The van der Waals surface area contributed by atoms with Crippen molar-refractivity contribution in [1.29, 1.82) is 0 Å². The van der Waals surface area contributed by atoms with E-state index in [0.717, 1.165) is 47.0 Å². The van der Waals surface area contributed by atoms with Crippen LogP contribution in [0.5, 0.6) is 0 Å². The highest BCUT2D eigenvalue weighted by Gasteiger charge is 2.23. The number of carbonyl (C=O) groups excluding carboxylic acids is 2. The third-order valence-corrected chi connectivity index (χ3v) is 7.11. The minimum Gasteiger partial charge on any atom is -0.319 e. The Hall–Kier alpha value is -4.42. The molecule has 2 amide bonds. The Morgan fingerprint density at radius 1 is 0.711 bits per heavy atom. The second-order valence-electron chi connectivity index (χ2n) is 9.40. The van der Waals surface area contributed by atoms with Crippen molar-refractivity contribution in [2.75, 3.05) is 23.7 Å². The van der Waals surface area contributed by atoms with E-state index in [1.54, 1.807) is 0 Å². The lowest BCUT2D eigenvalue weighted by Gasteiger charge is -2.18. The summed E-state index contributed by atoms with van der Waals surface area (Å²) in [4.78, 5) is 26.2. The van der Waals surface area contributed by atoms with Crippen LogP contribution >= 0.6 is 0 Å². The van der Waals surface area contributed by atoms with Gasteiger partial charge in [0.25, 0.3) is 11.8 Å². The Bertz CT molecular complexity index is 1440. The van der Waals surface area contributed by atoms with E-state index in [2.05, 4.69) is 41.7 Å². The lowest BCUT2D eigenvalue weighted by atomic mass is 9.94. The van der Waals surface area contributed by atoms with Crippen molar-refractivity contribution in [3.63, 3.8) is 0 Å². The summed E-state index contributed by atoms with van der Waals surface area (Å²) in [5, 5.41) is 29.0. The van der Waals surface area contributed by atoms with E-state index in [-0.39, 0.29) is 11.8 Å². The molecule has 4 heterocycles. The average molecular weight is 513 g/mol. The molecule has 2 aromatic carbocycles. The number of anilines is 2. The number of aromatic nitrogens is 6. The van der Waals surface area contributed by atoms with Crippen LogP contribution in [0.25, 0.3) is 11.1 Å². The van der Waals surface area contributed by atoms with E-state index in [4.69, 9.17) is 0 Å². The molecule has 0 bridgehead atoms. The molecule has 4 aromatic rings. The third kappa shape index (κ3) is 4.23. The average Bonchev–Trinajstić information content (AvgIpc) is 3.56. The van der Waals surface area contributed by atoms with Crippen LogP contribution in [0.2, 0.25) is 0 Å². The van der Waals surface area contributed by atoms with E-state index < -0.39 is 0 Å². The van der Waals surface area contributed by atoms with Gasteiger partial charge in [-0.15, -0.1) is 20.4 Å². The lowest BCUT2D eigenvalue weighted by Crippen LogP contribution is -2.31. The maximum atomic E-state index is 13.1. The fourth-order valence-corrected chi connectivity index (χ4v) is 5.00. The van der Waals surface area contributed by atoms with Crippen LogP contribution in [0.3, 0.4) is 0 Å². The molecular formula is C26H28N10O2. The van der Waals surface area contributed by atoms with Crippen molar-refractivity contribution in [1.82, 2.24) is 40.2 Å². The first-order valence-corrected chi connectivity index (χ1v) is 12.6. The van der Waals surface area contributed by atoms with E-state index >= 15 is 0 Å². The number of nitrogens with zero attached hydrogens (tertiary/aromatic N) is 6. The quantitative estimate of drug-likeness (QED) is 0.317. The SMILES string of the molecule is Cc1c(NC(=O)c2nnc3n2CCNC3)cccc1-c1cccc(NC(=O)c2nnc3n2CCNC3)c1C. The molecule has 0 saturated carbocycles. The molecule has 0 spiro atoms. The molecule has 12 heteroatoms. The van der Waals surface area contributed by atoms with Gasteiger partial charge in [0.05, 0.1) is 13.1 Å². The molecule has 6 rings (SSSR count). The molecule has 0 aliphatic carbocycles. The number of amides is 2. The zero-order chi connectivity index (χ0) is 26.2. The molecule has 0 fully saturated rings. The predicted molar refractivity (Wildman–Crippen MR) is 141 cm³/mol. The van der Waals surface area contributed by atoms with Crippen molar-refractivity contribution in [3.05, 3.63) is 70.8 Å². The van der Waals surface area contributed by atoms with Crippen LogP contribution in [0, 0.1) is 13.8 Å². The van der Waals surface area contributed by atoms with E-state index in [0.29, 0.717) is 49.2 Å². The van der Waals surface area contributed by atoms with Crippen molar-refractivity contribution in [2.45, 2.75) is 40.0 Å². The Kier molecular flexibility index (Phi) is 6.18. The summed E-state index contributed by atoms with van der Waals surface area (Å²) in [6, 6.07) is 11.6. The maximum absolute atomic E-state index is 13.1. The standard InChI is InChI=1S/C26H28N10O2/c1-15-17(5-3-7-19(15)29-25(37)23-33-31-21-13-27-9-11-35(21)23)18-6-4-8-20(16(18)2)30-26(38)24-34-32-22-14-28-10-12-36(22)24/h3-8,27-28H,9-14H2,1-2H3,(H,29,37)(H,30,38). The van der Waals surface area contributed by atoms with Gasteiger partial charge in [-0.2, -0.15) is 0 Å². The van der Waals surface area contributed by atoms with Crippen LogP contribution in [-0.2, 0) is 26.2 Å². The zero-order valence-electron chi connectivity index (χ0n) is 21.2. The molecule has 0 atom stereocenters. The van der Waals surface area contributed by atoms with Gasteiger partial charge in [-0.25, -0.2) is 0 Å². The van der Waals surface area contributed by atoms with Gasteiger partial charge >= 0.3 is 0 Å². The van der Waals surface area contributed by atoms with E-state index in [9.17, 15) is 9.59 Å². The molecule has 0 saturated heterocycles. The summed E-state index contributed by atoms with van der Waals surface area (Å²) in [6.07, 6.45) is 0. The van der Waals surface area contributed by atoms with Crippen LogP contribution in [0.4, 0.5) is 11.4 Å². The molecular weight excluding hydrogens is 484 g/mol. The van der Waals surface area contributed by atoms with Crippen molar-refractivity contribution < 1.29 is 9.59 Å². The Labute approximate surface area is 218 Å². The van der Waals surface area contributed by atoms with Crippen molar-refractivity contribution in [2.24, 2.45) is 0 Å². The van der Waals surface area contributed by atoms with Gasteiger partial charge in [-0.05, 0) is 48.2 Å². The van der Waals surface area contributed by atoms with Crippen molar-refractivity contribution >= 4 is 23.2 Å². The molecule has 38 heavy (non-hydrogen) atoms. The Morgan fingerprint density at radius 2 is 1.16 bits per heavy atom. The summed E-state index contributed by atoms with van der Waals surface area (Å²) in [7, 11) is 0. The van der Waals surface area contributed by atoms with Gasteiger partial charge in [-0.3, -0.25) is 9.59 Å². The third-order valence-electron chi connectivity index (χ3n) is 7.11. The van der Waals surface area contributed by atoms with Crippen LogP contribution in [0.1, 0.15) is 44.0 Å². The van der Waals surface area contributed by atoms with E-state index in [1.807, 2.05) is 59.4 Å². The summed E-state index contributed by atoms with van der Waals surface area (Å²) in [5.74, 6) is 1.53. The van der Waals surface area contributed by atoms with Crippen molar-refractivity contribution in [3.8, 4) is 11.1 Å². The molecule has 0 radical (unpaired) electrons. The van der Waals surface area contributed by atoms with Gasteiger partial charge in [0.1, 0.15) is 11.6 Å². The zero-order valence-corrected chi connectivity index (χ0v) is 21.2. The number of fused-ring (bicyclic) bond motifs is 2. The number of benzene rings is 2. The summed E-state index contributed by atoms with van der Waals surface area (Å²) >= 11 is 0. The Morgan fingerprint density at radius 3 is 1.61 bits per heavy atom. The molecule has 2 aliphatic heterocycles. The first-order valence-electron chi connectivity index (χ1n) is 12.6. The van der Waals surface area contributed by atoms with Crippen LogP contribution < -0.4 is 21.3 Å².